The number of carbonyl (C=O) groups is 1. The molecule has 0 saturated carbocycles. The molecule has 3 nitrogen and oxygen atoms in total. The third-order valence-corrected chi connectivity index (χ3v) is 2.97. The number of ether oxygens (including phenoxy) is 1. The molecular weight excluding hydrogens is 226 g/mol. The highest BCUT2D eigenvalue weighted by atomic mass is 35.5. The maximum Gasteiger partial charge on any atom is 0.313 e. The van der Waals surface area contributed by atoms with Gasteiger partial charge in [-0.2, -0.15) is 0 Å². The van der Waals surface area contributed by atoms with Crippen LogP contribution in [0.3, 0.4) is 0 Å². The molecule has 0 saturated heterocycles. The van der Waals surface area contributed by atoms with Crippen molar-refractivity contribution in [2.75, 3.05) is 7.11 Å². The Morgan fingerprint density at radius 2 is 1.88 bits per heavy atom. The van der Waals surface area contributed by atoms with Gasteiger partial charge in [-0.3, -0.25) is 4.79 Å². The van der Waals surface area contributed by atoms with Crippen LogP contribution in [0, 0.1) is 5.41 Å². The zero-order valence-electron chi connectivity index (χ0n) is 9.66. The summed E-state index contributed by atoms with van der Waals surface area (Å²) in [6, 6.07) is 6.72. The van der Waals surface area contributed by atoms with Crippen LogP contribution < -0.4 is 5.73 Å². The van der Waals surface area contributed by atoms with Crippen molar-refractivity contribution in [2.45, 2.75) is 19.9 Å². The zero-order chi connectivity index (χ0) is 12.3. The lowest BCUT2D eigenvalue weighted by molar-refractivity contribution is -0.152. The van der Waals surface area contributed by atoms with Gasteiger partial charge >= 0.3 is 5.97 Å². The second-order valence-electron chi connectivity index (χ2n) is 4.24. The maximum absolute atomic E-state index is 11.6. The Morgan fingerprint density at radius 3 is 2.31 bits per heavy atom. The molecule has 2 N–H and O–H groups in total. The molecule has 1 rings (SSSR count). The van der Waals surface area contributed by atoms with E-state index in [1.807, 2.05) is 12.1 Å². The van der Waals surface area contributed by atoms with Gasteiger partial charge in [0.05, 0.1) is 12.5 Å². The van der Waals surface area contributed by atoms with E-state index in [9.17, 15) is 4.79 Å². The molecule has 0 spiro atoms. The average molecular weight is 242 g/mol. The molecule has 1 aromatic rings. The molecule has 0 radical (unpaired) electrons. The molecule has 0 heterocycles. The lowest BCUT2D eigenvalue weighted by Gasteiger charge is -2.28. The molecule has 1 aromatic carbocycles. The number of methoxy groups -OCH3 is 1. The number of hydrogen-bond donors (Lipinski definition) is 1. The van der Waals surface area contributed by atoms with Gasteiger partial charge in [0, 0.05) is 11.1 Å². The number of benzene rings is 1. The summed E-state index contributed by atoms with van der Waals surface area (Å²) in [7, 11) is 1.36. The monoisotopic (exact) mass is 241 g/mol. The van der Waals surface area contributed by atoms with Crippen LogP contribution in [0.4, 0.5) is 0 Å². The molecule has 0 aliphatic rings. The van der Waals surface area contributed by atoms with Crippen LogP contribution in [-0.4, -0.2) is 13.1 Å². The van der Waals surface area contributed by atoms with Crippen LogP contribution in [0.15, 0.2) is 24.3 Å². The van der Waals surface area contributed by atoms with Gasteiger partial charge in [0.1, 0.15) is 0 Å². The van der Waals surface area contributed by atoms with E-state index in [1.54, 1.807) is 26.0 Å². The summed E-state index contributed by atoms with van der Waals surface area (Å²) < 4.78 is 4.74. The van der Waals surface area contributed by atoms with E-state index in [-0.39, 0.29) is 5.97 Å². The van der Waals surface area contributed by atoms with Crippen molar-refractivity contribution in [2.24, 2.45) is 11.1 Å². The van der Waals surface area contributed by atoms with E-state index in [0.717, 1.165) is 5.56 Å². The van der Waals surface area contributed by atoms with Gasteiger partial charge in [-0.05, 0) is 31.5 Å². The van der Waals surface area contributed by atoms with Gasteiger partial charge in [-0.15, -0.1) is 0 Å². The molecule has 88 valence electrons. The topological polar surface area (TPSA) is 52.3 Å². The van der Waals surface area contributed by atoms with Gasteiger partial charge in [-0.1, -0.05) is 23.7 Å². The lowest BCUT2D eigenvalue weighted by atomic mass is 9.81. The molecule has 1 atom stereocenters. The lowest BCUT2D eigenvalue weighted by Crippen LogP contribution is -2.37. The predicted molar refractivity (Wildman–Crippen MR) is 64.2 cm³/mol. The van der Waals surface area contributed by atoms with Crippen molar-refractivity contribution in [3.63, 3.8) is 0 Å². The van der Waals surface area contributed by atoms with Crippen LogP contribution in [0.25, 0.3) is 0 Å². The summed E-state index contributed by atoms with van der Waals surface area (Å²) in [6.07, 6.45) is 0. The molecule has 0 bridgehead atoms. The van der Waals surface area contributed by atoms with E-state index in [1.165, 1.54) is 7.11 Å². The second-order valence-corrected chi connectivity index (χ2v) is 4.68. The number of esters is 1. The molecule has 1 unspecified atom stereocenters. The normalized spacial score (nSPS) is 13.3. The minimum atomic E-state index is -0.761. The smallest absolute Gasteiger partial charge is 0.313 e. The third-order valence-electron chi connectivity index (χ3n) is 2.72. The fourth-order valence-electron chi connectivity index (χ4n) is 1.48. The molecule has 4 heteroatoms. The van der Waals surface area contributed by atoms with Crippen molar-refractivity contribution in [3.8, 4) is 0 Å². The highest BCUT2D eigenvalue weighted by Crippen LogP contribution is 2.32. The SMILES string of the molecule is COC(=O)C(C)(C)C(N)c1ccc(Cl)cc1. The van der Waals surface area contributed by atoms with E-state index >= 15 is 0 Å². The van der Waals surface area contributed by atoms with Crippen molar-refractivity contribution >= 4 is 17.6 Å². The Balaban J connectivity index is 2.97. The third kappa shape index (κ3) is 2.54. The maximum atomic E-state index is 11.6. The van der Waals surface area contributed by atoms with Crippen LogP contribution in [-0.2, 0) is 9.53 Å². The molecule has 16 heavy (non-hydrogen) atoms. The number of halogens is 1. The fraction of sp³-hybridized carbons (Fsp3) is 0.417. The summed E-state index contributed by atoms with van der Waals surface area (Å²) in [5.74, 6) is -0.324. The highest BCUT2D eigenvalue weighted by molar-refractivity contribution is 6.30. The number of nitrogens with two attached hydrogens (primary N) is 1. The molecular formula is C12H16ClNO2. The highest BCUT2D eigenvalue weighted by Gasteiger charge is 2.36. The summed E-state index contributed by atoms with van der Waals surface area (Å²) in [5.41, 5.74) is 6.16. The largest absolute Gasteiger partial charge is 0.469 e. The molecule has 0 aliphatic heterocycles. The quantitative estimate of drug-likeness (QED) is 0.828. The van der Waals surface area contributed by atoms with Crippen LogP contribution in [0.2, 0.25) is 5.02 Å². The average Bonchev–Trinajstić information content (AvgIpc) is 2.28. The number of hydrogen-bond acceptors (Lipinski definition) is 3. The van der Waals surface area contributed by atoms with Crippen LogP contribution >= 0.6 is 11.6 Å². The van der Waals surface area contributed by atoms with Gasteiger partial charge in [-0.25, -0.2) is 0 Å². The Morgan fingerprint density at radius 1 is 1.38 bits per heavy atom. The van der Waals surface area contributed by atoms with Crippen molar-refractivity contribution in [1.29, 1.82) is 0 Å². The van der Waals surface area contributed by atoms with E-state index < -0.39 is 11.5 Å². The van der Waals surface area contributed by atoms with Crippen LogP contribution in [0.5, 0.6) is 0 Å². The fourth-order valence-corrected chi connectivity index (χ4v) is 1.60. The van der Waals surface area contributed by atoms with Gasteiger partial charge in [0.2, 0.25) is 0 Å². The molecule has 0 aromatic heterocycles. The summed E-state index contributed by atoms with van der Waals surface area (Å²) in [4.78, 5) is 11.6. The summed E-state index contributed by atoms with van der Waals surface area (Å²) in [5, 5.41) is 0.645. The predicted octanol–water partition coefficient (Wildman–Crippen LogP) is 2.54. The Labute approximate surface area is 101 Å². The first kappa shape index (κ1) is 13.0. The second kappa shape index (κ2) is 4.85. The minimum absolute atomic E-state index is 0.324. The Kier molecular flexibility index (Phi) is 3.94. The molecule has 0 aliphatic carbocycles. The Bertz CT molecular complexity index is 373. The summed E-state index contributed by atoms with van der Waals surface area (Å²) >= 11 is 5.79. The Hall–Kier alpha value is -1.06. The number of carbonyl (C=O) groups excluding carboxylic acids is 1. The summed E-state index contributed by atoms with van der Waals surface area (Å²) in [6.45, 7) is 3.52. The molecule has 0 fully saturated rings. The van der Waals surface area contributed by atoms with Gasteiger partial charge < -0.3 is 10.5 Å². The van der Waals surface area contributed by atoms with Gasteiger partial charge in [0.15, 0.2) is 0 Å². The van der Waals surface area contributed by atoms with E-state index in [4.69, 9.17) is 22.1 Å². The van der Waals surface area contributed by atoms with Gasteiger partial charge in [0.25, 0.3) is 0 Å². The minimum Gasteiger partial charge on any atom is -0.469 e. The first-order chi connectivity index (χ1) is 7.39. The molecule has 0 amide bonds. The first-order valence-electron chi connectivity index (χ1n) is 4.99. The number of rotatable bonds is 3. The van der Waals surface area contributed by atoms with Crippen molar-refractivity contribution < 1.29 is 9.53 Å². The van der Waals surface area contributed by atoms with E-state index in [2.05, 4.69) is 0 Å². The van der Waals surface area contributed by atoms with Crippen molar-refractivity contribution in [1.82, 2.24) is 0 Å². The van der Waals surface area contributed by atoms with Crippen molar-refractivity contribution in [3.05, 3.63) is 34.9 Å². The van der Waals surface area contributed by atoms with Crippen LogP contribution in [0.1, 0.15) is 25.5 Å². The van der Waals surface area contributed by atoms with E-state index in [0.29, 0.717) is 5.02 Å². The first-order valence-corrected chi connectivity index (χ1v) is 5.37. The standard InChI is InChI=1S/C12H16ClNO2/c1-12(2,11(15)16-3)10(14)8-4-6-9(13)7-5-8/h4-7,10H,14H2,1-3H3. The zero-order valence-corrected chi connectivity index (χ0v) is 10.4.